The molecule has 0 radical (unpaired) electrons. The Morgan fingerprint density at radius 1 is 0.917 bits per heavy atom. The van der Waals surface area contributed by atoms with E-state index in [4.69, 9.17) is 0 Å². The van der Waals surface area contributed by atoms with Crippen molar-refractivity contribution in [2.75, 3.05) is 0 Å². The summed E-state index contributed by atoms with van der Waals surface area (Å²) in [6.45, 7) is 1.83. The van der Waals surface area contributed by atoms with E-state index >= 15 is 0 Å². The second kappa shape index (κ2) is 5.93. The summed E-state index contributed by atoms with van der Waals surface area (Å²) in [5.41, 5.74) is 6.23. The van der Waals surface area contributed by atoms with Gasteiger partial charge in [-0.3, -0.25) is 0 Å². The summed E-state index contributed by atoms with van der Waals surface area (Å²) in [4.78, 5) is 0. The van der Waals surface area contributed by atoms with Crippen LogP contribution in [0.2, 0.25) is 0 Å². The molecule has 2 nitrogen and oxygen atoms in total. The maximum atomic E-state index is 13.9. The molecule has 0 spiro atoms. The summed E-state index contributed by atoms with van der Waals surface area (Å²) in [6, 6.07) is 19.6. The predicted octanol–water partition coefficient (Wildman–Crippen LogP) is 5.04. The SMILES string of the molecule is Cc1c(F)cccc1Cc1cn2ncccc2c1-c1ccccc1. The molecule has 0 N–H and O–H groups in total. The van der Waals surface area contributed by atoms with Gasteiger partial charge < -0.3 is 0 Å². The second-order valence-electron chi connectivity index (χ2n) is 5.95. The lowest BCUT2D eigenvalue weighted by molar-refractivity contribution is 0.616. The van der Waals surface area contributed by atoms with E-state index in [0.29, 0.717) is 12.0 Å². The van der Waals surface area contributed by atoms with Crippen LogP contribution in [0.1, 0.15) is 16.7 Å². The van der Waals surface area contributed by atoms with Gasteiger partial charge in [-0.2, -0.15) is 5.10 Å². The number of halogens is 1. The van der Waals surface area contributed by atoms with Gasteiger partial charge in [0.15, 0.2) is 0 Å². The lowest BCUT2D eigenvalue weighted by atomic mass is 9.95. The van der Waals surface area contributed by atoms with Gasteiger partial charge in [-0.1, -0.05) is 42.5 Å². The highest BCUT2D eigenvalue weighted by Gasteiger charge is 2.15. The van der Waals surface area contributed by atoms with E-state index in [1.54, 1.807) is 12.3 Å². The van der Waals surface area contributed by atoms with Crippen LogP contribution in [0.3, 0.4) is 0 Å². The van der Waals surface area contributed by atoms with Crippen molar-refractivity contribution in [1.29, 1.82) is 0 Å². The number of rotatable bonds is 3. The fourth-order valence-corrected chi connectivity index (χ4v) is 3.18. The summed E-state index contributed by atoms with van der Waals surface area (Å²) >= 11 is 0. The smallest absolute Gasteiger partial charge is 0.126 e. The minimum Gasteiger partial charge on any atom is -0.240 e. The Morgan fingerprint density at radius 2 is 1.75 bits per heavy atom. The zero-order chi connectivity index (χ0) is 16.5. The van der Waals surface area contributed by atoms with Crippen LogP contribution in [-0.2, 0) is 6.42 Å². The Bertz CT molecular complexity index is 1000. The summed E-state index contributed by atoms with van der Waals surface area (Å²) in [6.07, 6.45) is 4.50. The van der Waals surface area contributed by atoms with Crippen LogP contribution in [0.25, 0.3) is 16.6 Å². The minimum absolute atomic E-state index is 0.157. The number of fused-ring (bicyclic) bond motifs is 1. The third kappa shape index (κ3) is 2.48. The molecule has 0 aliphatic carbocycles. The normalized spacial score (nSPS) is 11.1. The predicted molar refractivity (Wildman–Crippen MR) is 94.6 cm³/mol. The van der Waals surface area contributed by atoms with E-state index in [1.807, 2.05) is 48.0 Å². The van der Waals surface area contributed by atoms with Crippen molar-refractivity contribution in [3.8, 4) is 11.1 Å². The van der Waals surface area contributed by atoms with E-state index in [9.17, 15) is 4.39 Å². The fourth-order valence-electron chi connectivity index (χ4n) is 3.18. The fraction of sp³-hybridized carbons (Fsp3) is 0.0952. The number of hydrogen-bond acceptors (Lipinski definition) is 1. The monoisotopic (exact) mass is 316 g/mol. The van der Waals surface area contributed by atoms with E-state index in [0.717, 1.165) is 27.8 Å². The van der Waals surface area contributed by atoms with Crippen molar-refractivity contribution in [3.63, 3.8) is 0 Å². The average Bonchev–Trinajstić information content (AvgIpc) is 2.97. The van der Waals surface area contributed by atoms with Gasteiger partial charge in [-0.05, 0) is 47.4 Å². The molecule has 0 saturated heterocycles. The quantitative estimate of drug-likeness (QED) is 0.517. The summed E-state index contributed by atoms with van der Waals surface area (Å²) in [5.74, 6) is -0.157. The number of aromatic nitrogens is 2. The molecule has 0 unspecified atom stereocenters. The second-order valence-corrected chi connectivity index (χ2v) is 5.95. The Balaban J connectivity index is 1.90. The summed E-state index contributed by atoms with van der Waals surface area (Å²) < 4.78 is 15.8. The Kier molecular flexibility index (Phi) is 3.62. The average molecular weight is 316 g/mol. The number of benzene rings is 2. The van der Waals surface area contributed by atoms with Crippen molar-refractivity contribution in [2.24, 2.45) is 0 Å². The Hall–Kier alpha value is -2.94. The van der Waals surface area contributed by atoms with Gasteiger partial charge in [0.25, 0.3) is 0 Å². The third-order valence-corrected chi connectivity index (χ3v) is 4.46. The summed E-state index contributed by atoms with van der Waals surface area (Å²) in [5, 5.41) is 4.41. The standard InChI is InChI=1S/C21H17FN2/c1-15-17(9-5-10-19(15)22)13-18-14-24-20(11-6-12-23-24)21(18)16-7-3-2-4-8-16/h2-12,14H,13H2,1H3. The topological polar surface area (TPSA) is 17.3 Å². The largest absolute Gasteiger partial charge is 0.240 e. The van der Waals surface area contributed by atoms with Gasteiger partial charge in [0.2, 0.25) is 0 Å². The van der Waals surface area contributed by atoms with Crippen molar-refractivity contribution in [3.05, 3.63) is 95.6 Å². The molecule has 3 heteroatoms. The highest BCUT2D eigenvalue weighted by molar-refractivity contribution is 5.84. The maximum absolute atomic E-state index is 13.9. The van der Waals surface area contributed by atoms with Crippen LogP contribution in [-0.4, -0.2) is 9.61 Å². The molecule has 4 rings (SSSR count). The molecule has 0 aliphatic heterocycles. The molecule has 2 aromatic heterocycles. The van der Waals surface area contributed by atoms with Crippen LogP contribution in [0.15, 0.2) is 73.1 Å². The molecule has 4 aromatic rings. The van der Waals surface area contributed by atoms with Gasteiger partial charge in [-0.25, -0.2) is 8.91 Å². The summed E-state index contributed by atoms with van der Waals surface area (Å²) in [7, 11) is 0. The molecule has 118 valence electrons. The van der Waals surface area contributed by atoms with E-state index < -0.39 is 0 Å². The molecule has 0 saturated carbocycles. The van der Waals surface area contributed by atoms with Gasteiger partial charge in [-0.15, -0.1) is 0 Å². The van der Waals surface area contributed by atoms with Gasteiger partial charge >= 0.3 is 0 Å². The molecule has 2 heterocycles. The molecule has 2 aromatic carbocycles. The molecular weight excluding hydrogens is 299 g/mol. The van der Waals surface area contributed by atoms with Crippen molar-refractivity contribution < 1.29 is 4.39 Å². The lowest BCUT2D eigenvalue weighted by Crippen LogP contribution is -1.95. The van der Waals surface area contributed by atoms with E-state index in [-0.39, 0.29) is 5.82 Å². The first-order valence-electron chi connectivity index (χ1n) is 7.98. The molecule has 0 aliphatic rings. The zero-order valence-corrected chi connectivity index (χ0v) is 13.4. The van der Waals surface area contributed by atoms with E-state index in [1.165, 1.54) is 6.07 Å². The molecule has 0 atom stereocenters. The highest BCUT2D eigenvalue weighted by Crippen LogP contribution is 2.32. The highest BCUT2D eigenvalue weighted by atomic mass is 19.1. The number of hydrogen-bond donors (Lipinski definition) is 0. The first-order chi connectivity index (χ1) is 11.7. The molecule has 0 fully saturated rings. The Labute approximate surface area is 140 Å². The first-order valence-corrected chi connectivity index (χ1v) is 7.98. The van der Waals surface area contributed by atoms with Gasteiger partial charge in [0.1, 0.15) is 5.82 Å². The van der Waals surface area contributed by atoms with Gasteiger partial charge in [0, 0.05) is 24.4 Å². The van der Waals surface area contributed by atoms with Crippen LogP contribution in [0.4, 0.5) is 4.39 Å². The molecule has 0 bridgehead atoms. The minimum atomic E-state index is -0.157. The molecular formula is C21H17FN2. The van der Waals surface area contributed by atoms with Crippen LogP contribution in [0.5, 0.6) is 0 Å². The van der Waals surface area contributed by atoms with E-state index in [2.05, 4.69) is 23.3 Å². The van der Waals surface area contributed by atoms with Crippen LogP contribution >= 0.6 is 0 Å². The van der Waals surface area contributed by atoms with Gasteiger partial charge in [0.05, 0.1) is 5.52 Å². The number of nitrogens with zero attached hydrogens (tertiary/aromatic N) is 2. The van der Waals surface area contributed by atoms with Crippen molar-refractivity contribution in [2.45, 2.75) is 13.3 Å². The maximum Gasteiger partial charge on any atom is 0.126 e. The molecule has 0 amide bonds. The van der Waals surface area contributed by atoms with Crippen LogP contribution < -0.4 is 0 Å². The Morgan fingerprint density at radius 3 is 2.58 bits per heavy atom. The zero-order valence-electron chi connectivity index (χ0n) is 13.4. The third-order valence-electron chi connectivity index (χ3n) is 4.46. The molecule has 24 heavy (non-hydrogen) atoms. The lowest BCUT2D eigenvalue weighted by Gasteiger charge is -2.08. The first kappa shape index (κ1) is 14.6. The van der Waals surface area contributed by atoms with Crippen LogP contribution in [0, 0.1) is 12.7 Å². The van der Waals surface area contributed by atoms with Crippen molar-refractivity contribution in [1.82, 2.24) is 9.61 Å². The van der Waals surface area contributed by atoms with Crippen molar-refractivity contribution >= 4 is 5.52 Å².